The van der Waals surface area contributed by atoms with Gasteiger partial charge in [-0.05, 0) is 18.6 Å². The van der Waals surface area contributed by atoms with Gasteiger partial charge in [0.1, 0.15) is 24.0 Å². The van der Waals surface area contributed by atoms with Gasteiger partial charge in [-0.2, -0.15) is 10.4 Å². The molecule has 8 nitrogen and oxygen atoms in total. The largest absolute Gasteiger partial charge is 0.354 e. The van der Waals surface area contributed by atoms with Crippen LogP contribution < -0.4 is 5.32 Å². The maximum Gasteiger partial charge on any atom is 0.257 e. The van der Waals surface area contributed by atoms with Crippen molar-refractivity contribution in [2.24, 2.45) is 0 Å². The van der Waals surface area contributed by atoms with Crippen molar-refractivity contribution in [2.45, 2.75) is 26.3 Å². The van der Waals surface area contributed by atoms with E-state index in [2.05, 4.69) is 49.3 Å². The number of hydrogen-bond acceptors (Lipinski definition) is 6. The van der Waals surface area contributed by atoms with Crippen LogP contribution in [0.15, 0.2) is 36.9 Å². The number of nitrogens with one attached hydrogen (secondary N) is 2. The van der Waals surface area contributed by atoms with E-state index in [9.17, 15) is 14.0 Å². The second-order valence-electron chi connectivity index (χ2n) is 6.63. The predicted octanol–water partition coefficient (Wildman–Crippen LogP) is 4.09. The Kier molecular flexibility index (Phi) is 7.09. The van der Waals surface area contributed by atoms with Crippen LogP contribution in [0.4, 0.5) is 14.7 Å². The molecular formula is C22H20F2N8. The fourth-order valence-electron chi connectivity index (χ4n) is 3.11. The molecule has 4 heterocycles. The summed E-state index contributed by atoms with van der Waals surface area (Å²) < 4.78 is 27.2. The van der Waals surface area contributed by atoms with E-state index in [-0.39, 0.29) is 0 Å². The number of pyridine rings is 1. The summed E-state index contributed by atoms with van der Waals surface area (Å²) in [7, 11) is 0. The predicted molar refractivity (Wildman–Crippen MR) is 118 cm³/mol. The Bertz CT molecular complexity index is 1270. The van der Waals surface area contributed by atoms with Gasteiger partial charge in [-0.1, -0.05) is 6.92 Å². The van der Waals surface area contributed by atoms with E-state index in [4.69, 9.17) is 0 Å². The minimum atomic E-state index is -2.55. The molecule has 0 amide bonds. The number of anilines is 1. The smallest absolute Gasteiger partial charge is 0.257 e. The molecule has 0 fully saturated rings. The van der Waals surface area contributed by atoms with Gasteiger partial charge in [0, 0.05) is 47.8 Å². The van der Waals surface area contributed by atoms with Gasteiger partial charge in [0.05, 0.1) is 11.3 Å². The van der Waals surface area contributed by atoms with Gasteiger partial charge in [-0.15, -0.1) is 12.8 Å². The zero-order chi connectivity index (χ0) is 23.1. The first-order valence-corrected chi connectivity index (χ1v) is 9.73. The van der Waals surface area contributed by atoms with E-state index >= 15 is 0 Å². The summed E-state index contributed by atoms with van der Waals surface area (Å²) in [5.41, 5.74) is 3.19. The van der Waals surface area contributed by atoms with Crippen LogP contribution >= 0.6 is 0 Å². The zero-order valence-corrected chi connectivity index (χ0v) is 17.3. The number of nitrogens with zero attached hydrogens (tertiary/aromatic N) is 6. The highest BCUT2D eigenvalue weighted by molar-refractivity contribution is 5.88. The Morgan fingerprint density at radius 3 is 2.84 bits per heavy atom. The van der Waals surface area contributed by atoms with Gasteiger partial charge in [0.25, 0.3) is 6.43 Å². The lowest BCUT2D eigenvalue weighted by molar-refractivity contribution is 0.122. The Morgan fingerprint density at radius 2 is 2.12 bits per heavy atom. The van der Waals surface area contributed by atoms with Crippen LogP contribution in [-0.2, 0) is 6.54 Å². The van der Waals surface area contributed by atoms with Gasteiger partial charge in [0.15, 0.2) is 0 Å². The van der Waals surface area contributed by atoms with Crippen molar-refractivity contribution >= 4 is 17.0 Å². The Balaban J connectivity index is 0.00000141. The van der Waals surface area contributed by atoms with Crippen LogP contribution in [0, 0.1) is 24.2 Å². The van der Waals surface area contributed by atoms with Crippen LogP contribution in [0.1, 0.15) is 18.9 Å². The number of terminal acetylenes is 1. The summed E-state index contributed by atoms with van der Waals surface area (Å²) in [6.45, 7) is 2.21. The second-order valence-corrected chi connectivity index (χ2v) is 6.63. The third-order valence-electron chi connectivity index (χ3n) is 4.48. The minimum absolute atomic E-state index is 0.445. The average molecular weight is 434 g/mol. The maximum absolute atomic E-state index is 13.0. The number of rotatable bonds is 7. The van der Waals surface area contributed by atoms with Crippen LogP contribution in [-0.4, -0.2) is 42.7 Å². The highest BCUT2D eigenvalue weighted by Crippen LogP contribution is 2.32. The Morgan fingerprint density at radius 1 is 1.31 bits per heavy atom. The van der Waals surface area contributed by atoms with Crippen molar-refractivity contribution in [3.8, 4) is 41.4 Å². The lowest BCUT2D eigenvalue weighted by Gasteiger charge is -2.06. The summed E-state index contributed by atoms with van der Waals surface area (Å²) >= 11 is 0. The third kappa shape index (κ3) is 4.71. The molecule has 10 heteroatoms. The van der Waals surface area contributed by atoms with Crippen LogP contribution in [0.5, 0.6) is 0 Å². The standard InChI is InChI=1S/C20H18F2N8.C2H2/c1-2-4-24-20-25-5-3-16(28-20)15-10-30(11-17(21)22)29-18(15)12-6-14-13(7-23)9-27-19(14)26-8-12;1-2/h3,5-6,8-10,17H,2,4,11H2,1H3,(H,26,27)(H,24,25,28);1-2H. The number of halogens is 2. The Hall–Kier alpha value is -4.31. The van der Waals surface area contributed by atoms with Crippen LogP contribution in [0.25, 0.3) is 33.5 Å². The minimum Gasteiger partial charge on any atom is -0.354 e. The molecule has 0 aromatic carbocycles. The zero-order valence-electron chi connectivity index (χ0n) is 17.3. The molecule has 0 unspecified atom stereocenters. The van der Waals surface area contributed by atoms with Crippen molar-refractivity contribution < 1.29 is 8.78 Å². The number of alkyl halides is 2. The number of H-pyrrole nitrogens is 1. The molecule has 0 radical (unpaired) electrons. The monoisotopic (exact) mass is 434 g/mol. The maximum atomic E-state index is 13.0. The van der Waals surface area contributed by atoms with E-state index in [0.717, 1.165) is 6.42 Å². The molecule has 0 bridgehead atoms. The van der Waals surface area contributed by atoms with E-state index in [1.807, 2.05) is 6.92 Å². The summed E-state index contributed by atoms with van der Waals surface area (Å²) in [6.07, 6.45) is 12.7. The topological polar surface area (TPSA) is 108 Å². The molecule has 4 aromatic heterocycles. The van der Waals surface area contributed by atoms with Crippen molar-refractivity contribution in [3.63, 3.8) is 0 Å². The summed E-state index contributed by atoms with van der Waals surface area (Å²) in [6, 6.07) is 5.58. The second kappa shape index (κ2) is 10.1. The highest BCUT2D eigenvalue weighted by atomic mass is 19.3. The van der Waals surface area contributed by atoms with E-state index < -0.39 is 13.0 Å². The first kappa shape index (κ1) is 22.4. The van der Waals surface area contributed by atoms with Crippen molar-refractivity contribution in [2.75, 3.05) is 11.9 Å². The quantitative estimate of drug-likeness (QED) is 0.424. The number of aromatic amines is 1. The number of nitriles is 1. The number of hydrogen-bond donors (Lipinski definition) is 2. The van der Waals surface area contributed by atoms with Crippen LogP contribution in [0.2, 0.25) is 0 Å². The SMILES string of the molecule is C#C.CCCNc1nccc(-c2cn(CC(F)F)nc2-c2cnc3[nH]cc(C#N)c3c2)n1. The molecular weight excluding hydrogens is 414 g/mol. The van der Waals surface area contributed by atoms with Gasteiger partial charge in [-0.25, -0.2) is 23.7 Å². The van der Waals surface area contributed by atoms with Gasteiger partial charge in [0.2, 0.25) is 5.95 Å². The average Bonchev–Trinajstić information content (AvgIpc) is 3.42. The van der Waals surface area contributed by atoms with Crippen molar-refractivity contribution in [1.29, 1.82) is 5.26 Å². The molecule has 0 atom stereocenters. The molecule has 0 aliphatic carbocycles. The van der Waals surface area contributed by atoms with E-state index in [1.165, 1.54) is 4.68 Å². The number of aromatic nitrogens is 6. The van der Waals surface area contributed by atoms with Gasteiger partial charge >= 0.3 is 0 Å². The fraction of sp³-hybridized carbons (Fsp3) is 0.227. The van der Waals surface area contributed by atoms with Gasteiger partial charge < -0.3 is 10.3 Å². The van der Waals surface area contributed by atoms with Crippen molar-refractivity contribution in [3.05, 3.63) is 42.5 Å². The molecule has 2 N–H and O–H groups in total. The molecule has 32 heavy (non-hydrogen) atoms. The first-order chi connectivity index (χ1) is 15.6. The van der Waals surface area contributed by atoms with E-state index in [0.29, 0.717) is 51.6 Å². The molecule has 0 saturated carbocycles. The van der Waals surface area contributed by atoms with Gasteiger partial charge in [-0.3, -0.25) is 4.68 Å². The highest BCUT2D eigenvalue weighted by Gasteiger charge is 2.18. The van der Waals surface area contributed by atoms with Crippen LogP contribution in [0.3, 0.4) is 0 Å². The first-order valence-electron chi connectivity index (χ1n) is 9.73. The molecule has 0 aliphatic heterocycles. The summed E-state index contributed by atoms with van der Waals surface area (Å²) in [4.78, 5) is 16.0. The van der Waals surface area contributed by atoms with Crippen molar-refractivity contribution in [1.82, 2.24) is 29.7 Å². The van der Waals surface area contributed by atoms with E-state index in [1.54, 1.807) is 36.9 Å². The fourth-order valence-corrected chi connectivity index (χ4v) is 3.11. The molecule has 0 saturated heterocycles. The molecule has 0 aliphatic rings. The number of fused-ring (bicyclic) bond motifs is 1. The Labute approximate surface area is 183 Å². The molecule has 162 valence electrons. The third-order valence-corrected chi connectivity index (χ3v) is 4.48. The summed E-state index contributed by atoms with van der Waals surface area (Å²) in [5.74, 6) is 0.452. The molecule has 4 rings (SSSR count). The normalized spacial score (nSPS) is 10.5. The molecule has 4 aromatic rings. The lowest BCUT2D eigenvalue weighted by Crippen LogP contribution is -2.06. The lowest BCUT2D eigenvalue weighted by atomic mass is 10.1. The summed E-state index contributed by atoms with van der Waals surface area (Å²) in [5, 5.41) is 17.4. The molecule has 0 spiro atoms.